The van der Waals surface area contributed by atoms with Gasteiger partial charge in [0.25, 0.3) is 0 Å². The summed E-state index contributed by atoms with van der Waals surface area (Å²) in [5.74, 6) is -4.08. The van der Waals surface area contributed by atoms with Crippen molar-refractivity contribution >= 4 is 11.9 Å². The van der Waals surface area contributed by atoms with E-state index in [4.69, 9.17) is 0 Å². The summed E-state index contributed by atoms with van der Waals surface area (Å²) in [4.78, 5) is 24.2. The van der Waals surface area contributed by atoms with Crippen LogP contribution in [0.25, 0.3) is 0 Å². The van der Waals surface area contributed by atoms with Gasteiger partial charge in [-0.05, 0) is 12.8 Å². The molecule has 0 radical (unpaired) electrons. The van der Waals surface area contributed by atoms with Crippen molar-refractivity contribution in [2.24, 2.45) is 5.92 Å². The van der Waals surface area contributed by atoms with Crippen LogP contribution in [0, 0.1) is 5.92 Å². The maximum absolute atomic E-state index is 13.2. The normalized spacial score (nSPS) is 22.3. The van der Waals surface area contributed by atoms with Crippen LogP contribution < -0.4 is 0 Å². The van der Waals surface area contributed by atoms with Gasteiger partial charge in [0.1, 0.15) is 0 Å². The van der Waals surface area contributed by atoms with Crippen molar-refractivity contribution in [3.8, 4) is 0 Å². The molecule has 0 spiro atoms. The molecule has 18 heavy (non-hydrogen) atoms. The number of alkyl halides is 2. The molecule has 1 rings (SSSR count). The highest BCUT2D eigenvalue weighted by atomic mass is 19.3. The van der Waals surface area contributed by atoms with E-state index in [-0.39, 0.29) is 31.7 Å². The van der Waals surface area contributed by atoms with Crippen LogP contribution in [0.15, 0.2) is 0 Å². The van der Waals surface area contributed by atoms with Crippen LogP contribution in [0.4, 0.5) is 8.78 Å². The van der Waals surface area contributed by atoms with Crippen molar-refractivity contribution < 1.29 is 23.1 Å². The molecule has 1 unspecified atom stereocenters. The molecule has 0 aromatic rings. The highest BCUT2D eigenvalue weighted by Crippen LogP contribution is 2.37. The average molecular weight is 263 g/mol. The van der Waals surface area contributed by atoms with Crippen LogP contribution in [0.3, 0.4) is 0 Å². The highest BCUT2D eigenvalue weighted by molar-refractivity contribution is 5.79. The van der Waals surface area contributed by atoms with Crippen LogP contribution in [0.1, 0.15) is 32.1 Å². The lowest BCUT2D eigenvalue weighted by atomic mass is 9.85. The molecule has 1 aliphatic rings. The number of amides is 1. The number of hydrogen-bond donors (Lipinski definition) is 0. The molecule has 0 saturated heterocycles. The molecule has 0 bridgehead atoms. The predicted molar refractivity (Wildman–Crippen MR) is 61.2 cm³/mol. The number of carbonyl (C=O) groups is 2. The lowest BCUT2D eigenvalue weighted by Crippen LogP contribution is -2.39. The maximum Gasteiger partial charge on any atom is 0.307 e. The second-order valence-electron chi connectivity index (χ2n) is 4.74. The number of hydrogen-bond acceptors (Lipinski definition) is 3. The van der Waals surface area contributed by atoms with Gasteiger partial charge in [0, 0.05) is 32.4 Å². The van der Waals surface area contributed by atoms with E-state index in [1.807, 2.05) is 0 Å². The highest BCUT2D eigenvalue weighted by Gasteiger charge is 2.39. The Balaban J connectivity index is 2.45. The summed E-state index contributed by atoms with van der Waals surface area (Å²) in [6.45, 7) is 0.202. The first-order valence-corrected chi connectivity index (χ1v) is 6.05. The molecule has 1 aliphatic carbocycles. The fraction of sp³-hybridized carbons (Fsp3) is 0.833. The molecule has 0 N–H and O–H groups in total. The Morgan fingerprint density at radius 1 is 1.44 bits per heavy atom. The first kappa shape index (κ1) is 14.9. The van der Waals surface area contributed by atoms with E-state index in [1.165, 1.54) is 19.1 Å². The molecule has 1 atom stereocenters. The van der Waals surface area contributed by atoms with Crippen LogP contribution >= 0.6 is 0 Å². The summed E-state index contributed by atoms with van der Waals surface area (Å²) >= 11 is 0. The number of ether oxygens (including phenoxy) is 1. The SMILES string of the molecule is COC(=O)CCN(C)C(=O)C1CCCC(F)(F)C1. The number of methoxy groups -OCH3 is 1. The Kier molecular flexibility index (Phi) is 5.04. The van der Waals surface area contributed by atoms with Crippen molar-refractivity contribution in [2.75, 3.05) is 20.7 Å². The minimum atomic E-state index is -2.73. The molecule has 1 fully saturated rings. The van der Waals surface area contributed by atoms with E-state index in [0.29, 0.717) is 12.8 Å². The van der Waals surface area contributed by atoms with E-state index in [1.54, 1.807) is 0 Å². The van der Waals surface area contributed by atoms with Crippen LogP contribution in [0.5, 0.6) is 0 Å². The Morgan fingerprint density at radius 2 is 2.11 bits per heavy atom. The van der Waals surface area contributed by atoms with E-state index in [2.05, 4.69) is 4.74 Å². The number of rotatable bonds is 4. The topological polar surface area (TPSA) is 46.6 Å². The minimum absolute atomic E-state index is 0.0852. The van der Waals surface area contributed by atoms with Gasteiger partial charge in [0.05, 0.1) is 13.5 Å². The van der Waals surface area contributed by atoms with E-state index in [9.17, 15) is 18.4 Å². The summed E-state index contributed by atoms with van der Waals surface area (Å²) in [7, 11) is 2.80. The van der Waals surface area contributed by atoms with Gasteiger partial charge in [-0.1, -0.05) is 0 Å². The number of nitrogens with zero attached hydrogens (tertiary/aromatic N) is 1. The summed E-state index contributed by atoms with van der Waals surface area (Å²) in [6, 6.07) is 0. The van der Waals surface area contributed by atoms with Gasteiger partial charge in [-0.15, -0.1) is 0 Å². The van der Waals surface area contributed by atoms with Crippen molar-refractivity contribution in [1.29, 1.82) is 0 Å². The molecule has 1 amide bonds. The minimum Gasteiger partial charge on any atom is -0.469 e. The molecule has 0 aliphatic heterocycles. The Labute approximate surface area is 105 Å². The monoisotopic (exact) mass is 263 g/mol. The first-order chi connectivity index (χ1) is 8.35. The zero-order valence-electron chi connectivity index (χ0n) is 10.7. The maximum atomic E-state index is 13.2. The third-order valence-corrected chi connectivity index (χ3v) is 3.24. The Morgan fingerprint density at radius 3 is 2.67 bits per heavy atom. The molecule has 4 nitrogen and oxygen atoms in total. The van der Waals surface area contributed by atoms with Gasteiger partial charge >= 0.3 is 5.97 Å². The van der Waals surface area contributed by atoms with Crippen LogP contribution in [-0.2, 0) is 14.3 Å². The number of halogens is 2. The van der Waals surface area contributed by atoms with E-state index in [0.717, 1.165) is 0 Å². The molecular formula is C12H19F2NO3. The quantitative estimate of drug-likeness (QED) is 0.727. The van der Waals surface area contributed by atoms with Gasteiger partial charge < -0.3 is 9.64 Å². The van der Waals surface area contributed by atoms with E-state index < -0.39 is 17.8 Å². The van der Waals surface area contributed by atoms with Crippen molar-refractivity contribution in [1.82, 2.24) is 4.90 Å². The molecule has 6 heteroatoms. The molecule has 104 valence electrons. The summed E-state index contributed by atoms with van der Waals surface area (Å²) in [6.07, 6.45) is 0.435. The van der Waals surface area contributed by atoms with Gasteiger partial charge in [0.15, 0.2) is 0 Å². The van der Waals surface area contributed by atoms with Crippen LogP contribution in [0.2, 0.25) is 0 Å². The van der Waals surface area contributed by atoms with Crippen molar-refractivity contribution in [3.63, 3.8) is 0 Å². The summed E-state index contributed by atoms with van der Waals surface area (Å²) in [5.41, 5.74) is 0. The fourth-order valence-electron chi connectivity index (χ4n) is 2.17. The van der Waals surface area contributed by atoms with Gasteiger partial charge in [0.2, 0.25) is 11.8 Å². The summed E-state index contributed by atoms with van der Waals surface area (Å²) < 4.78 is 30.9. The molecule has 0 aromatic carbocycles. The van der Waals surface area contributed by atoms with Crippen molar-refractivity contribution in [2.45, 2.75) is 38.0 Å². The van der Waals surface area contributed by atoms with Crippen molar-refractivity contribution in [3.05, 3.63) is 0 Å². The Bertz CT molecular complexity index is 320. The smallest absolute Gasteiger partial charge is 0.307 e. The van der Waals surface area contributed by atoms with Gasteiger partial charge in [-0.2, -0.15) is 0 Å². The third kappa shape index (κ3) is 4.23. The van der Waals surface area contributed by atoms with E-state index >= 15 is 0 Å². The zero-order chi connectivity index (χ0) is 13.8. The first-order valence-electron chi connectivity index (χ1n) is 6.05. The number of carbonyl (C=O) groups excluding carboxylic acids is 2. The second-order valence-corrected chi connectivity index (χ2v) is 4.74. The largest absolute Gasteiger partial charge is 0.469 e. The average Bonchev–Trinajstić information content (AvgIpc) is 2.33. The standard InChI is InChI=1S/C12H19F2NO3/c1-15(7-5-10(16)18-2)11(17)9-4-3-6-12(13,14)8-9/h9H,3-8H2,1-2H3. The van der Waals surface area contributed by atoms with Crippen LogP contribution in [-0.4, -0.2) is 43.4 Å². The third-order valence-electron chi connectivity index (χ3n) is 3.24. The molecule has 1 saturated carbocycles. The van der Waals surface area contributed by atoms with Gasteiger partial charge in [-0.25, -0.2) is 8.78 Å². The Hall–Kier alpha value is -1.20. The van der Waals surface area contributed by atoms with Gasteiger partial charge in [-0.3, -0.25) is 9.59 Å². The second kappa shape index (κ2) is 6.11. The predicted octanol–water partition coefficient (Wildman–Crippen LogP) is 1.83. The summed E-state index contributed by atoms with van der Waals surface area (Å²) in [5, 5.41) is 0. The fourth-order valence-corrected chi connectivity index (χ4v) is 2.17. The lowest BCUT2D eigenvalue weighted by Gasteiger charge is -2.30. The zero-order valence-corrected chi connectivity index (χ0v) is 10.7. The lowest BCUT2D eigenvalue weighted by molar-refractivity contribution is -0.144. The molecule has 0 heterocycles. The molecular weight excluding hydrogens is 244 g/mol. The molecule has 0 aromatic heterocycles. The number of esters is 1.